The highest BCUT2D eigenvalue weighted by atomic mass is 16.5. The topological polar surface area (TPSA) is 65.5 Å². The van der Waals surface area contributed by atoms with Crippen molar-refractivity contribution >= 4 is 18.0 Å². The Hall–Kier alpha value is -2.76. The summed E-state index contributed by atoms with van der Waals surface area (Å²) in [5.41, 5.74) is 0.898. The van der Waals surface area contributed by atoms with Gasteiger partial charge in [-0.25, -0.2) is 9.97 Å². The molecule has 128 valence electrons. The molecular formula is C18H23N3O3. The number of anilines is 1. The van der Waals surface area contributed by atoms with Gasteiger partial charge < -0.3 is 19.5 Å². The fraction of sp³-hybridized carbons (Fsp3) is 0.333. The Bertz CT molecular complexity index is 689. The van der Waals surface area contributed by atoms with Crippen molar-refractivity contribution in [2.45, 2.75) is 19.9 Å². The lowest BCUT2D eigenvalue weighted by Crippen LogP contribution is -2.11. The second-order valence-electron chi connectivity index (χ2n) is 5.39. The van der Waals surface area contributed by atoms with Crippen molar-refractivity contribution < 1.29 is 14.2 Å². The van der Waals surface area contributed by atoms with Gasteiger partial charge in [0.05, 0.1) is 21.3 Å². The van der Waals surface area contributed by atoms with Crippen LogP contribution in [-0.4, -0.2) is 37.3 Å². The fourth-order valence-corrected chi connectivity index (χ4v) is 2.20. The number of ether oxygens (including phenoxy) is 3. The molecule has 0 fully saturated rings. The lowest BCUT2D eigenvalue weighted by Gasteiger charge is -2.12. The minimum Gasteiger partial charge on any atom is -0.493 e. The fourth-order valence-electron chi connectivity index (χ4n) is 2.20. The zero-order valence-electron chi connectivity index (χ0n) is 14.7. The van der Waals surface area contributed by atoms with Gasteiger partial charge >= 0.3 is 0 Å². The predicted molar refractivity (Wildman–Crippen MR) is 95.8 cm³/mol. The molecule has 0 aliphatic carbocycles. The summed E-state index contributed by atoms with van der Waals surface area (Å²) in [4.78, 5) is 8.71. The summed E-state index contributed by atoms with van der Waals surface area (Å²) in [6.45, 7) is 4.13. The third kappa shape index (κ3) is 4.38. The zero-order chi connectivity index (χ0) is 17.5. The van der Waals surface area contributed by atoms with Crippen LogP contribution in [0.3, 0.4) is 0 Å². The first-order chi connectivity index (χ1) is 11.6. The summed E-state index contributed by atoms with van der Waals surface area (Å²) in [7, 11) is 4.76. The van der Waals surface area contributed by atoms with Crippen LogP contribution >= 0.6 is 0 Å². The molecule has 2 rings (SSSR count). The summed E-state index contributed by atoms with van der Waals surface area (Å²) in [5, 5.41) is 3.25. The van der Waals surface area contributed by atoms with Gasteiger partial charge in [-0.2, -0.15) is 0 Å². The van der Waals surface area contributed by atoms with Crippen LogP contribution in [0.1, 0.15) is 25.2 Å². The molecule has 0 aliphatic heterocycles. The van der Waals surface area contributed by atoms with Crippen LogP contribution in [-0.2, 0) is 0 Å². The quantitative estimate of drug-likeness (QED) is 0.839. The maximum absolute atomic E-state index is 5.35. The Kier molecular flexibility index (Phi) is 6.01. The Morgan fingerprint density at radius 1 is 1.00 bits per heavy atom. The standard InChI is InChI=1S/C18H23N3O3/c1-12(2)20-17-8-9-19-16(21-17)7-6-13-10-14(22-3)18(24-5)15(11-13)23-4/h6-12H,1-5H3,(H,19,20,21)/b7-6+. The molecule has 0 unspecified atom stereocenters. The summed E-state index contributed by atoms with van der Waals surface area (Å²) >= 11 is 0. The van der Waals surface area contributed by atoms with E-state index < -0.39 is 0 Å². The normalized spacial score (nSPS) is 10.9. The maximum atomic E-state index is 5.35. The van der Waals surface area contributed by atoms with E-state index in [1.54, 1.807) is 27.5 Å². The Balaban J connectivity index is 2.28. The highest BCUT2D eigenvalue weighted by Gasteiger charge is 2.12. The van der Waals surface area contributed by atoms with Gasteiger partial charge in [-0.3, -0.25) is 0 Å². The minimum absolute atomic E-state index is 0.312. The highest BCUT2D eigenvalue weighted by Crippen LogP contribution is 2.38. The average molecular weight is 329 g/mol. The van der Waals surface area contributed by atoms with E-state index in [0.29, 0.717) is 29.1 Å². The van der Waals surface area contributed by atoms with Gasteiger partial charge in [0.15, 0.2) is 17.3 Å². The van der Waals surface area contributed by atoms with Gasteiger partial charge in [-0.15, -0.1) is 0 Å². The monoisotopic (exact) mass is 329 g/mol. The smallest absolute Gasteiger partial charge is 0.203 e. The molecule has 0 saturated heterocycles. The minimum atomic E-state index is 0.312. The van der Waals surface area contributed by atoms with Crippen molar-refractivity contribution in [3.63, 3.8) is 0 Å². The Morgan fingerprint density at radius 3 is 2.21 bits per heavy atom. The molecule has 0 atom stereocenters. The summed E-state index contributed by atoms with van der Waals surface area (Å²) in [6, 6.07) is 5.89. The molecular weight excluding hydrogens is 306 g/mol. The van der Waals surface area contributed by atoms with Crippen LogP contribution in [0.4, 0.5) is 5.82 Å². The molecule has 0 radical (unpaired) electrons. The number of nitrogens with one attached hydrogen (secondary N) is 1. The second-order valence-corrected chi connectivity index (χ2v) is 5.39. The Labute approximate surface area is 142 Å². The van der Waals surface area contributed by atoms with Crippen molar-refractivity contribution in [2.75, 3.05) is 26.6 Å². The molecule has 2 aromatic rings. The molecule has 0 saturated carbocycles. The number of benzene rings is 1. The molecule has 0 amide bonds. The lowest BCUT2D eigenvalue weighted by molar-refractivity contribution is 0.324. The second kappa shape index (κ2) is 8.19. The first kappa shape index (κ1) is 17.6. The van der Waals surface area contributed by atoms with Crippen LogP contribution in [0.5, 0.6) is 17.2 Å². The highest BCUT2D eigenvalue weighted by molar-refractivity contribution is 5.71. The molecule has 0 bridgehead atoms. The molecule has 0 spiro atoms. The molecule has 0 aliphatic rings. The first-order valence-electron chi connectivity index (χ1n) is 7.65. The Morgan fingerprint density at radius 2 is 1.67 bits per heavy atom. The van der Waals surface area contributed by atoms with Crippen molar-refractivity contribution in [3.8, 4) is 17.2 Å². The van der Waals surface area contributed by atoms with Crippen LogP contribution in [0, 0.1) is 0 Å². The van der Waals surface area contributed by atoms with E-state index in [1.165, 1.54) is 0 Å². The molecule has 1 heterocycles. The van der Waals surface area contributed by atoms with E-state index in [1.807, 2.05) is 30.4 Å². The summed E-state index contributed by atoms with van der Waals surface area (Å²) < 4.78 is 16.0. The van der Waals surface area contributed by atoms with Crippen molar-refractivity contribution in [3.05, 3.63) is 35.8 Å². The molecule has 6 nitrogen and oxygen atoms in total. The third-order valence-corrected chi connectivity index (χ3v) is 3.22. The molecule has 24 heavy (non-hydrogen) atoms. The third-order valence-electron chi connectivity index (χ3n) is 3.22. The van der Waals surface area contributed by atoms with E-state index in [4.69, 9.17) is 14.2 Å². The van der Waals surface area contributed by atoms with Gasteiger partial charge in [0.2, 0.25) is 5.75 Å². The number of hydrogen-bond donors (Lipinski definition) is 1. The van der Waals surface area contributed by atoms with Crippen LogP contribution in [0.15, 0.2) is 24.4 Å². The number of methoxy groups -OCH3 is 3. The largest absolute Gasteiger partial charge is 0.493 e. The van der Waals surface area contributed by atoms with Crippen molar-refractivity contribution in [1.29, 1.82) is 0 Å². The predicted octanol–water partition coefficient (Wildman–Crippen LogP) is 3.49. The summed E-state index contributed by atoms with van der Waals surface area (Å²) in [6.07, 6.45) is 5.47. The van der Waals surface area contributed by atoms with E-state index in [0.717, 1.165) is 11.4 Å². The van der Waals surface area contributed by atoms with Crippen LogP contribution in [0.25, 0.3) is 12.2 Å². The average Bonchev–Trinajstić information content (AvgIpc) is 2.58. The van der Waals surface area contributed by atoms with Gasteiger partial charge in [-0.05, 0) is 43.7 Å². The molecule has 1 aromatic heterocycles. The van der Waals surface area contributed by atoms with E-state index in [-0.39, 0.29) is 0 Å². The van der Waals surface area contributed by atoms with Gasteiger partial charge in [0.1, 0.15) is 5.82 Å². The van der Waals surface area contributed by atoms with Gasteiger partial charge in [0.25, 0.3) is 0 Å². The molecule has 6 heteroatoms. The number of rotatable bonds is 7. The zero-order valence-corrected chi connectivity index (χ0v) is 14.7. The van der Waals surface area contributed by atoms with E-state index in [9.17, 15) is 0 Å². The number of hydrogen-bond acceptors (Lipinski definition) is 6. The lowest BCUT2D eigenvalue weighted by atomic mass is 10.1. The van der Waals surface area contributed by atoms with Gasteiger partial charge in [-0.1, -0.05) is 6.08 Å². The van der Waals surface area contributed by atoms with E-state index >= 15 is 0 Å². The maximum Gasteiger partial charge on any atom is 0.203 e. The summed E-state index contributed by atoms with van der Waals surface area (Å²) in [5.74, 6) is 3.19. The SMILES string of the molecule is COc1cc(/C=C/c2nccc(NC(C)C)n2)cc(OC)c1OC. The number of aromatic nitrogens is 2. The number of nitrogens with zero attached hydrogens (tertiary/aromatic N) is 2. The van der Waals surface area contributed by atoms with Crippen molar-refractivity contribution in [1.82, 2.24) is 9.97 Å². The van der Waals surface area contributed by atoms with E-state index in [2.05, 4.69) is 29.1 Å². The van der Waals surface area contributed by atoms with Gasteiger partial charge in [0, 0.05) is 12.2 Å². The molecule has 1 aromatic carbocycles. The van der Waals surface area contributed by atoms with Crippen LogP contribution in [0.2, 0.25) is 0 Å². The molecule has 1 N–H and O–H groups in total. The van der Waals surface area contributed by atoms with Crippen molar-refractivity contribution in [2.24, 2.45) is 0 Å². The van der Waals surface area contributed by atoms with Crippen LogP contribution < -0.4 is 19.5 Å². The first-order valence-corrected chi connectivity index (χ1v) is 7.65.